The van der Waals surface area contributed by atoms with Crippen molar-refractivity contribution in [3.63, 3.8) is 0 Å². The van der Waals surface area contributed by atoms with Gasteiger partial charge in [0.05, 0.1) is 6.61 Å². The van der Waals surface area contributed by atoms with Gasteiger partial charge in [-0.05, 0) is 24.1 Å². The lowest BCUT2D eigenvalue weighted by atomic mass is 10.2. The topological polar surface area (TPSA) is 64.1 Å². The summed E-state index contributed by atoms with van der Waals surface area (Å²) in [5.74, 6) is 0. The first-order chi connectivity index (χ1) is 10.6. The summed E-state index contributed by atoms with van der Waals surface area (Å²) in [5, 5.41) is 12.8. The van der Waals surface area contributed by atoms with Gasteiger partial charge in [-0.2, -0.15) is 0 Å². The maximum absolute atomic E-state index is 11.5. The normalized spacial score (nSPS) is 10.5. The van der Waals surface area contributed by atoms with Crippen LogP contribution in [0.15, 0.2) is 18.2 Å². The van der Waals surface area contributed by atoms with Gasteiger partial charge in [-0.25, -0.2) is 4.79 Å². The monoisotopic (exact) mass is 359 g/mol. The molecule has 0 saturated carbocycles. The Kier molecular flexibility index (Phi) is 6.42. The molecule has 0 fully saturated rings. The fourth-order valence-corrected chi connectivity index (χ4v) is 2.86. The van der Waals surface area contributed by atoms with Crippen LogP contribution >= 0.6 is 34.5 Å². The van der Waals surface area contributed by atoms with Gasteiger partial charge >= 0.3 is 6.09 Å². The van der Waals surface area contributed by atoms with E-state index in [0.29, 0.717) is 28.2 Å². The van der Waals surface area contributed by atoms with Gasteiger partial charge in [-0.1, -0.05) is 53.9 Å². The van der Waals surface area contributed by atoms with Crippen molar-refractivity contribution in [1.29, 1.82) is 0 Å². The zero-order valence-electron chi connectivity index (χ0n) is 11.9. The third kappa shape index (κ3) is 5.12. The number of rotatable bonds is 6. The van der Waals surface area contributed by atoms with Crippen LogP contribution in [0.4, 0.5) is 9.93 Å². The van der Waals surface area contributed by atoms with Crippen LogP contribution in [0.3, 0.4) is 0 Å². The number of nitrogens with one attached hydrogen (secondary N) is 1. The van der Waals surface area contributed by atoms with E-state index in [4.69, 9.17) is 27.9 Å². The largest absolute Gasteiger partial charge is 0.449 e. The van der Waals surface area contributed by atoms with Gasteiger partial charge < -0.3 is 4.74 Å². The molecule has 2 rings (SSSR count). The number of nitrogens with zero attached hydrogens (tertiary/aromatic N) is 2. The van der Waals surface area contributed by atoms with E-state index in [1.54, 1.807) is 12.1 Å². The Labute approximate surface area is 142 Å². The maximum atomic E-state index is 11.5. The highest BCUT2D eigenvalue weighted by atomic mass is 35.5. The maximum Gasteiger partial charge on any atom is 0.413 e. The molecular weight excluding hydrogens is 345 g/mol. The van der Waals surface area contributed by atoms with E-state index in [1.165, 1.54) is 11.3 Å². The summed E-state index contributed by atoms with van der Waals surface area (Å²) in [6.45, 7) is 2.43. The van der Waals surface area contributed by atoms with Gasteiger partial charge in [0.25, 0.3) is 0 Å². The molecule has 0 radical (unpaired) electrons. The van der Waals surface area contributed by atoms with Crippen LogP contribution in [0.25, 0.3) is 0 Å². The highest BCUT2D eigenvalue weighted by Crippen LogP contribution is 2.25. The van der Waals surface area contributed by atoms with E-state index in [-0.39, 0.29) is 0 Å². The number of hydrogen-bond acceptors (Lipinski definition) is 5. The molecule has 0 spiro atoms. The third-order valence-electron chi connectivity index (χ3n) is 2.76. The second kappa shape index (κ2) is 8.31. The molecular formula is C14H15Cl2N3O2S. The van der Waals surface area contributed by atoms with E-state index >= 15 is 0 Å². The van der Waals surface area contributed by atoms with Crippen molar-refractivity contribution in [2.24, 2.45) is 0 Å². The molecule has 5 nitrogen and oxygen atoms in total. The number of aromatic nitrogens is 2. The summed E-state index contributed by atoms with van der Waals surface area (Å²) in [6, 6.07) is 5.30. The molecule has 118 valence electrons. The lowest BCUT2D eigenvalue weighted by Crippen LogP contribution is -2.14. The molecule has 1 N–H and O–H groups in total. The number of benzene rings is 1. The van der Waals surface area contributed by atoms with E-state index < -0.39 is 6.09 Å². The van der Waals surface area contributed by atoms with Crippen molar-refractivity contribution >= 4 is 45.8 Å². The Bertz CT molecular complexity index is 649. The summed E-state index contributed by atoms with van der Waals surface area (Å²) in [5.41, 5.74) is 0.902. The number of carbonyl (C=O) groups is 1. The smallest absolute Gasteiger partial charge is 0.413 e. The van der Waals surface area contributed by atoms with Crippen LogP contribution in [-0.4, -0.2) is 22.9 Å². The molecule has 0 bridgehead atoms. The minimum Gasteiger partial charge on any atom is -0.449 e. The van der Waals surface area contributed by atoms with E-state index in [2.05, 4.69) is 15.5 Å². The SMILES string of the molecule is CCCCOC(=O)Nc1nnc(Cc2ccc(Cl)cc2Cl)s1. The number of ether oxygens (including phenoxy) is 1. The van der Waals surface area contributed by atoms with Crippen LogP contribution in [0.5, 0.6) is 0 Å². The van der Waals surface area contributed by atoms with Crippen LogP contribution < -0.4 is 5.32 Å². The van der Waals surface area contributed by atoms with Crippen LogP contribution in [0.2, 0.25) is 10.0 Å². The number of amides is 1. The van der Waals surface area contributed by atoms with Gasteiger partial charge in [-0.15, -0.1) is 10.2 Å². The van der Waals surface area contributed by atoms with Gasteiger partial charge in [-0.3, -0.25) is 5.32 Å². The molecule has 1 aromatic heterocycles. The van der Waals surface area contributed by atoms with Crippen molar-refractivity contribution in [3.8, 4) is 0 Å². The minimum atomic E-state index is -0.513. The van der Waals surface area contributed by atoms with Crippen molar-refractivity contribution in [3.05, 3.63) is 38.8 Å². The molecule has 1 amide bonds. The molecule has 8 heteroatoms. The van der Waals surface area contributed by atoms with E-state index in [1.807, 2.05) is 13.0 Å². The molecule has 0 saturated heterocycles. The first-order valence-corrected chi connectivity index (χ1v) is 8.36. The summed E-state index contributed by atoms with van der Waals surface area (Å²) in [6.07, 6.45) is 1.82. The summed E-state index contributed by atoms with van der Waals surface area (Å²) >= 11 is 13.3. The van der Waals surface area contributed by atoms with Gasteiger partial charge in [0, 0.05) is 16.5 Å². The molecule has 1 heterocycles. The number of halogens is 2. The lowest BCUT2D eigenvalue weighted by molar-refractivity contribution is 0.160. The molecule has 0 aliphatic heterocycles. The molecule has 0 atom stereocenters. The summed E-state index contributed by atoms with van der Waals surface area (Å²) in [4.78, 5) is 11.5. The zero-order valence-corrected chi connectivity index (χ0v) is 14.3. The van der Waals surface area contributed by atoms with Crippen molar-refractivity contribution in [2.75, 3.05) is 11.9 Å². The predicted molar refractivity (Wildman–Crippen MR) is 89.1 cm³/mol. The molecule has 1 aromatic carbocycles. The Morgan fingerprint density at radius 1 is 1.36 bits per heavy atom. The number of carbonyl (C=O) groups excluding carboxylic acids is 1. The van der Waals surface area contributed by atoms with Crippen LogP contribution in [0, 0.1) is 0 Å². The van der Waals surface area contributed by atoms with Gasteiger partial charge in [0.1, 0.15) is 5.01 Å². The highest BCUT2D eigenvalue weighted by molar-refractivity contribution is 7.15. The van der Waals surface area contributed by atoms with E-state index in [9.17, 15) is 4.79 Å². The first-order valence-electron chi connectivity index (χ1n) is 6.78. The Morgan fingerprint density at radius 2 is 2.18 bits per heavy atom. The Balaban J connectivity index is 1.92. The summed E-state index contributed by atoms with van der Waals surface area (Å²) < 4.78 is 5.00. The van der Waals surface area contributed by atoms with Gasteiger partial charge in [0.15, 0.2) is 0 Å². The highest BCUT2D eigenvalue weighted by Gasteiger charge is 2.11. The predicted octanol–water partition coefficient (Wildman–Crippen LogP) is 4.78. The standard InChI is InChI=1S/C14H15Cl2N3O2S/c1-2-3-6-21-14(20)17-13-19-18-12(22-13)7-9-4-5-10(15)8-11(9)16/h4-5,8H,2-3,6-7H2,1H3,(H,17,19,20). The average Bonchev–Trinajstić information content (AvgIpc) is 2.89. The third-order valence-corrected chi connectivity index (χ3v) is 4.19. The zero-order chi connectivity index (χ0) is 15.9. The van der Waals surface area contributed by atoms with Crippen LogP contribution in [0.1, 0.15) is 30.3 Å². The van der Waals surface area contributed by atoms with Crippen LogP contribution in [-0.2, 0) is 11.2 Å². The average molecular weight is 360 g/mol. The molecule has 2 aromatic rings. The fourth-order valence-electron chi connectivity index (χ4n) is 1.64. The number of anilines is 1. The Hall–Kier alpha value is -1.37. The van der Waals surface area contributed by atoms with Crippen molar-refractivity contribution < 1.29 is 9.53 Å². The fraction of sp³-hybridized carbons (Fsp3) is 0.357. The molecule has 22 heavy (non-hydrogen) atoms. The van der Waals surface area contributed by atoms with Crippen molar-refractivity contribution in [1.82, 2.24) is 10.2 Å². The quantitative estimate of drug-likeness (QED) is 0.753. The first kappa shape index (κ1) is 17.0. The molecule has 0 aliphatic rings. The lowest BCUT2D eigenvalue weighted by Gasteiger charge is -2.03. The summed E-state index contributed by atoms with van der Waals surface area (Å²) in [7, 11) is 0. The molecule has 0 aliphatic carbocycles. The number of unbranched alkanes of at least 4 members (excludes halogenated alkanes) is 1. The second-order valence-electron chi connectivity index (χ2n) is 4.53. The molecule has 0 unspecified atom stereocenters. The van der Waals surface area contributed by atoms with Crippen molar-refractivity contribution in [2.45, 2.75) is 26.2 Å². The van der Waals surface area contributed by atoms with E-state index in [0.717, 1.165) is 23.4 Å². The number of hydrogen-bond donors (Lipinski definition) is 1. The minimum absolute atomic E-state index is 0.397. The van der Waals surface area contributed by atoms with Gasteiger partial charge in [0.2, 0.25) is 5.13 Å². The second-order valence-corrected chi connectivity index (χ2v) is 6.43. The Morgan fingerprint density at radius 3 is 2.91 bits per heavy atom.